The maximum Gasteiger partial charge on any atom is 0.350 e. The van der Waals surface area contributed by atoms with Crippen LogP contribution < -0.4 is 5.73 Å². The number of nitrogens with two attached hydrogens (primary N) is 1. The van der Waals surface area contributed by atoms with Crippen LogP contribution in [0.2, 0.25) is 0 Å². The average molecular weight is 208 g/mol. The van der Waals surface area contributed by atoms with Gasteiger partial charge in [0.2, 0.25) is 0 Å². The molecule has 0 saturated heterocycles. The lowest BCUT2D eigenvalue weighted by Crippen LogP contribution is -2.04. The number of anilines is 1. The molecular formula is C7H10ClNO2S. The molecule has 1 heterocycles. The Morgan fingerprint density at radius 1 is 1.75 bits per heavy atom. The standard InChI is InChI=1S/C7H9NO2S.ClH/c1-2-10-7(9)6-5(8)3-4-11-6;/h3-4H,2,8H2,1H3;1H. The Hall–Kier alpha value is -0.740. The van der Waals surface area contributed by atoms with Crippen molar-refractivity contribution in [3.05, 3.63) is 16.3 Å². The van der Waals surface area contributed by atoms with Gasteiger partial charge in [-0.2, -0.15) is 0 Å². The van der Waals surface area contributed by atoms with Gasteiger partial charge >= 0.3 is 5.97 Å². The van der Waals surface area contributed by atoms with Crippen LogP contribution in [0.3, 0.4) is 0 Å². The smallest absolute Gasteiger partial charge is 0.350 e. The number of hydrogen-bond donors (Lipinski definition) is 1. The quantitative estimate of drug-likeness (QED) is 0.754. The number of nitrogen functional groups attached to an aromatic ring is 1. The Balaban J connectivity index is 0.00000121. The van der Waals surface area contributed by atoms with E-state index in [-0.39, 0.29) is 18.4 Å². The Bertz CT molecular complexity index is 262. The molecule has 0 atom stereocenters. The third-order valence-electron chi connectivity index (χ3n) is 1.16. The van der Waals surface area contributed by atoms with Crippen molar-refractivity contribution in [2.24, 2.45) is 0 Å². The van der Waals surface area contributed by atoms with Crippen molar-refractivity contribution in [3.63, 3.8) is 0 Å². The first-order valence-corrected chi connectivity index (χ1v) is 4.13. The highest BCUT2D eigenvalue weighted by molar-refractivity contribution is 7.12. The molecule has 0 spiro atoms. The highest BCUT2D eigenvalue weighted by atomic mass is 35.5. The number of rotatable bonds is 2. The topological polar surface area (TPSA) is 52.3 Å². The van der Waals surface area contributed by atoms with E-state index in [1.54, 1.807) is 18.4 Å². The molecule has 1 aromatic heterocycles. The van der Waals surface area contributed by atoms with E-state index >= 15 is 0 Å². The van der Waals surface area contributed by atoms with Gasteiger partial charge in [0.25, 0.3) is 0 Å². The lowest BCUT2D eigenvalue weighted by Gasteiger charge is -1.98. The Morgan fingerprint density at radius 2 is 2.42 bits per heavy atom. The van der Waals surface area contributed by atoms with Gasteiger partial charge in [0.05, 0.1) is 12.3 Å². The summed E-state index contributed by atoms with van der Waals surface area (Å²) in [5.41, 5.74) is 5.98. The zero-order chi connectivity index (χ0) is 8.27. The van der Waals surface area contributed by atoms with Crippen molar-refractivity contribution in [1.82, 2.24) is 0 Å². The van der Waals surface area contributed by atoms with Crippen LogP contribution >= 0.6 is 23.7 Å². The molecule has 0 radical (unpaired) electrons. The zero-order valence-corrected chi connectivity index (χ0v) is 8.21. The molecule has 0 fully saturated rings. The number of esters is 1. The summed E-state index contributed by atoms with van der Waals surface area (Å²) in [6, 6.07) is 1.69. The fourth-order valence-corrected chi connectivity index (χ4v) is 1.39. The van der Waals surface area contributed by atoms with E-state index in [1.807, 2.05) is 0 Å². The zero-order valence-electron chi connectivity index (χ0n) is 6.57. The normalized spacial score (nSPS) is 8.75. The minimum Gasteiger partial charge on any atom is -0.462 e. The van der Waals surface area contributed by atoms with Crippen LogP contribution in [0.1, 0.15) is 16.6 Å². The molecule has 1 aromatic rings. The summed E-state index contributed by atoms with van der Waals surface area (Å²) in [7, 11) is 0. The second-order valence-corrected chi connectivity index (χ2v) is 2.84. The molecule has 0 aliphatic carbocycles. The second-order valence-electron chi connectivity index (χ2n) is 1.93. The van der Waals surface area contributed by atoms with Crippen molar-refractivity contribution < 1.29 is 9.53 Å². The average Bonchev–Trinajstić information content (AvgIpc) is 2.36. The van der Waals surface area contributed by atoms with E-state index < -0.39 is 0 Å². The predicted molar refractivity (Wildman–Crippen MR) is 51.9 cm³/mol. The molecule has 0 saturated carbocycles. The monoisotopic (exact) mass is 207 g/mol. The highest BCUT2D eigenvalue weighted by Crippen LogP contribution is 2.19. The lowest BCUT2D eigenvalue weighted by atomic mass is 10.4. The van der Waals surface area contributed by atoms with Crippen molar-refractivity contribution in [3.8, 4) is 0 Å². The van der Waals surface area contributed by atoms with Crippen molar-refractivity contribution in [1.29, 1.82) is 0 Å². The maximum atomic E-state index is 11.0. The number of halogens is 1. The summed E-state index contributed by atoms with van der Waals surface area (Å²) < 4.78 is 4.76. The molecule has 12 heavy (non-hydrogen) atoms. The fraction of sp³-hybridized carbons (Fsp3) is 0.286. The molecule has 3 nitrogen and oxygen atoms in total. The summed E-state index contributed by atoms with van der Waals surface area (Å²) >= 11 is 1.30. The van der Waals surface area contributed by atoms with E-state index in [0.29, 0.717) is 17.2 Å². The molecule has 0 bridgehead atoms. The van der Waals surface area contributed by atoms with Gasteiger partial charge < -0.3 is 10.5 Å². The number of hydrogen-bond acceptors (Lipinski definition) is 4. The second kappa shape index (κ2) is 5.00. The highest BCUT2D eigenvalue weighted by Gasteiger charge is 2.10. The van der Waals surface area contributed by atoms with Gasteiger partial charge in [-0.1, -0.05) is 0 Å². The number of carbonyl (C=O) groups is 1. The first-order chi connectivity index (χ1) is 5.25. The summed E-state index contributed by atoms with van der Waals surface area (Å²) in [6.45, 7) is 2.15. The van der Waals surface area contributed by atoms with E-state index in [1.165, 1.54) is 11.3 Å². The van der Waals surface area contributed by atoms with Gasteiger partial charge in [-0.25, -0.2) is 4.79 Å². The summed E-state index contributed by atoms with van der Waals surface area (Å²) in [5, 5.41) is 1.77. The van der Waals surface area contributed by atoms with Crippen LogP contribution in [-0.4, -0.2) is 12.6 Å². The van der Waals surface area contributed by atoms with Crippen LogP contribution in [0.15, 0.2) is 11.4 Å². The summed E-state index contributed by atoms with van der Waals surface area (Å²) in [6.07, 6.45) is 0. The van der Waals surface area contributed by atoms with Crippen LogP contribution in [0.25, 0.3) is 0 Å². The fourth-order valence-electron chi connectivity index (χ4n) is 0.682. The van der Waals surface area contributed by atoms with Gasteiger partial charge in [0.1, 0.15) is 4.88 Å². The number of carbonyl (C=O) groups excluding carboxylic acids is 1. The molecule has 5 heteroatoms. The van der Waals surface area contributed by atoms with Crippen molar-refractivity contribution >= 4 is 35.4 Å². The number of ether oxygens (including phenoxy) is 1. The summed E-state index contributed by atoms with van der Waals surface area (Å²) in [4.78, 5) is 11.5. The third kappa shape index (κ3) is 2.39. The molecule has 0 aromatic carbocycles. The number of thiophene rings is 1. The molecule has 1 rings (SSSR count). The molecule has 2 N–H and O–H groups in total. The van der Waals surface area contributed by atoms with Gasteiger partial charge in [-0.15, -0.1) is 23.7 Å². The first-order valence-electron chi connectivity index (χ1n) is 3.25. The van der Waals surface area contributed by atoms with E-state index in [0.717, 1.165) is 0 Å². The summed E-state index contributed by atoms with van der Waals surface area (Å²) in [5.74, 6) is -0.333. The van der Waals surface area contributed by atoms with Crippen LogP contribution in [0.5, 0.6) is 0 Å². The lowest BCUT2D eigenvalue weighted by molar-refractivity contribution is 0.0533. The SMILES string of the molecule is CCOC(=O)c1sccc1N.Cl. The first kappa shape index (κ1) is 11.3. The third-order valence-corrected chi connectivity index (χ3v) is 2.07. The molecule has 0 aliphatic heterocycles. The van der Waals surface area contributed by atoms with Crippen LogP contribution in [0.4, 0.5) is 5.69 Å². The van der Waals surface area contributed by atoms with Gasteiger partial charge in [-0.05, 0) is 18.4 Å². The molecule has 0 unspecified atom stereocenters. The minimum absolute atomic E-state index is 0. The van der Waals surface area contributed by atoms with E-state index in [9.17, 15) is 4.79 Å². The van der Waals surface area contributed by atoms with Gasteiger partial charge in [0.15, 0.2) is 0 Å². The Morgan fingerprint density at radius 3 is 2.83 bits per heavy atom. The van der Waals surface area contributed by atoms with Crippen LogP contribution in [0, 0.1) is 0 Å². The predicted octanol–water partition coefficient (Wildman–Crippen LogP) is 1.93. The maximum absolute atomic E-state index is 11.0. The van der Waals surface area contributed by atoms with E-state index in [2.05, 4.69) is 0 Å². The van der Waals surface area contributed by atoms with E-state index in [4.69, 9.17) is 10.5 Å². The van der Waals surface area contributed by atoms with Gasteiger partial charge in [0, 0.05) is 0 Å². The Kier molecular flexibility index (Phi) is 4.70. The van der Waals surface area contributed by atoms with Crippen LogP contribution in [-0.2, 0) is 4.74 Å². The molecule has 0 amide bonds. The van der Waals surface area contributed by atoms with Crippen molar-refractivity contribution in [2.75, 3.05) is 12.3 Å². The molecule has 0 aliphatic rings. The van der Waals surface area contributed by atoms with Gasteiger partial charge in [-0.3, -0.25) is 0 Å². The largest absolute Gasteiger partial charge is 0.462 e. The Labute approximate surface area is 80.9 Å². The molecular weight excluding hydrogens is 198 g/mol. The van der Waals surface area contributed by atoms with Crippen molar-refractivity contribution in [2.45, 2.75) is 6.92 Å². The minimum atomic E-state index is -0.333. The molecule has 68 valence electrons.